The lowest BCUT2D eigenvalue weighted by molar-refractivity contribution is 0.905. The van der Waals surface area contributed by atoms with Gasteiger partial charge in [-0.3, -0.25) is 9.78 Å². The lowest BCUT2D eigenvalue weighted by atomic mass is 10.3. The summed E-state index contributed by atoms with van der Waals surface area (Å²) in [4.78, 5) is 25.2. The first-order valence-electron chi connectivity index (χ1n) is 5.22. The van der Waals surface area contributed by atoms with E-state index in [1.807, 2.05) is 0 Å². The first-order valence-corrected chi connectivity index (χ1v) is 5.22. The summed E-state index contributed by atoms with van der Waals surface area (Å²) in [7, 11) is 0. The van der Waals surface area contributed by atoms with Gasteiger partial charge >= 0.3 is 0 Å². The molecule has 1 aliphatic rings. The number of nitrogens with zero attached hydrogens (tertiary/aromatic N) is 2. The highest BCUT2D eigenvalue weighted by atomic mass is 16.1. The molecule has 0 amide bonds. The predicted molar refractivity (Wildman–Crippen MR) is 60.1 cm³/mol. The van der Waals surface area contributed by atoms with Crippen LogP contribution in [0.25, 0.3) is 11.2 Å². The molecule has 6 heteroatoms. The third-order valence-corrected chi connectivity index (χ3v) is 2.62. The van der Waals surface area contributed by atoms with Gasteiger partial charge in [-0.1, -0.05) is 6.08 Å². The lowest BCUT2D eigenvalue weighted by Gasteiger charge is -2.04. The summed E-state index contributed by atoms with van der Waals surface area (Å²) in [5.41, 5.74) is 1.75. The van der Waals surface area contributed by atoms with Gasteiger partial charge in [-0.05, 0) is 19.3 Å². The van der Waals surface area contributed by atoms with Gasteiger partial charge in [0.1, 0.15) is 0 Å². The van der Waals surface area contributed by atoms with Gasteiger partial charge in [0.2, 0.25) is 5.95 Å². The van der Waals surface area contributed by atoms with Crippen molar-refractivity contribution in [1.29, 1.82) is 0 Å². The Balaban J connectivity index is 2.00. The zero-order valence-corrected chi connectivity index (χ0v) is 8.58. The fourth-order valence-corrected chi connectivity index (χ4v) is 1.84. The van der Waals surface area contributed by atoms with Crippen molar-refractivity contribution in [2.75, 3.05) is 5.32 Å². The van der Waals surface area contributed by atoms with Gasteiger partial charge in [0.15, 0.2) is 11.2 Å². The fourth-order valence-electron chi connectivity index (χ4n) is 1.84. The number of fused-ring (bicyclic) bond motifs is 1. The summed E-state index contributed by atoms with van der Waals surface area (Å²) in [6.45, 7) is 0. The summed E-state index contributed by atoms with van der Waals surface area (Å²) in [5, 5.41) is 3.10. The van der Waals surface area contributed by atoms with Crippen LogP contribution in [0.3, 0.4) is 0 Å². The van der Waals surface area contributed by atoms with E-state index in [0.717, 1.165) is 25.0 Å². The van der Waals surface area contributed by atoms with Crippen LogP contribution in [0.1, 0.15) is 19.3 Å². The Morgan fingerprint density at radius 1 is 1.44 bits per heavy atom. The van der Waals surface area contributed by atoms with Crippen molar-refractivity contribution in [3.8, 4) is 0 Å². The second-order valence-electron chi connectivity index (χ2n) is 3.76. The number of rotatable bonds is 2. The maximum absolute atomic E-state index is 11.6. The number of aromatic nitrogens is 4. The molecular weight excluding hydrogens is 206 g/mol. The Morgan fingerprint density at radius 2 is 2.38 bits per heavy atom. The fraction of sp³-hybridized carbons (Fsp3) is 0.300. The Kier molecular flexibility index (Phi) is 1.99. The quantitative estimate of drug-likeness (QED) is 0.703. The molecule has 3 N–H and O–H groups in total. The second-order valence-corrected chi connectivity index (χ2v) is 3.76. The van der Waals surface area contributed by atoms with Gasteiger partial charge in [-0.2, -0.15) is 4.98 Å². The zero-order chi connectivity index (χ0) is 11.0. The van der Waals surface area contributed by atoms with Crippen molar-refractivity contribution in [3.05, 3.63) is 28.5 Å². The molecule has 0 bridgehead atoms. The first-order chi connectivity index (χ1) is 7.83. The third kappa shape index (κ3) is 1.48. The molecular formula is C10H11N5O. The minimum Gasteiger partial charge on any atom is -0.339 e. The SMILES string of the molecule is O=c1[nH]c(NC2=CCCC2)nc2nc[nH]c12. The highest BCUT2D eigenvalue weighted by Crippen LogP contribution is 2.18. The minimum absolute atomic E-state index is 0.205. The molecule has 2 heterocycles. The summed E-state index contributed by atoms with van der Waals surface area (Å²) in [6.07, 6.45) is 6.82. The Morgan fingerprint density at radius 3 is 3.19 bits per heavy atom. The molecule has 0 saturated carbocycles. The molecule has 0 radical (unpaired) electrons. The number of hydrogen-bond acceptors (Lipinski definition) is 4. The smallest absolute Gasteiger partial charge is 0.278 e. The van der Waals surface area contributed by atoms with Gasteiger partial charge in [0, 0.05) is 5.70 Å². The molecule has 0 aromatic carbocycles. The molecule has 0 fully saturated rings. The number of aromatic amines is 2. The van der Waals surface area contributed by atoms with E-state index >= 15 is 0 Å². The molecule has 0 spiro atoms. The minimum atomic E-state index is -0.205. The van der Waals surface area contributed by atoms with E-state index in [4.69, 9.17) is 0 Å². The molecule has 0 saturated heterocycles. The van der Waals surface area contributed by atoms with Crippen LogP contribution < -0.4 is 10.9 Å². The Labute approximate surface area is 90.8 Å². The molecule has 2 aromatic heterocycles. The monoisotopic (exact) mass is 217 g/mol. The summed E-state index contributed by atoms with van der Waals surface area (Å²) >= 11 is 0. The highest BCUT2D eigenvalue weighted by Gasteiger charge is 2.08. The number of anilines is 1. The average molecular weight is 217 g/mol. The van der Waals surface area contributed by atoms with Crippen LogP contribution in [0, 0.1) is 0 Å². The van der Waals surface area contributed by atoms with Crippen LogP contribution in [0.15, 0.2) is 22.9 Å². The van der Waals surface area contributed by atoms with E-state index in [9.17, 15) is 4.79 Å². The normalized spacial score (nSPS) is 15.4. The largest absolute Gasteiger partial charge is 0.339 e. The molecule has 2 aromatic rings. The van der Waals surface area contributed by atoms with Crippen LogP contribution in [0.5, 0.6) is 0 Å². The molecule has 0 aliphatic heterocycles. The van der Waals surface area contributed by atoms with E-state index < -0.39 is 0 Å². The van der Waals surface area contributed by atoms with Gasteiger partial charge in [-0.15, -0.1) is 0 Å². The number of allylic oxidation sites excluding steroid dienone is 2. The van der Waals surface area contributed by atoms with Gasteiger partial charge in [0.25, 0.3) is 5.56 Å². The van der Waals surface area contributed by atoms with Crippen LogP contribution in [0.2, 0.25) is 0 Å². The van der Waals surface area contributed by atoms with Crippen LogP contribution in [-0.4, -0.2) is 19.9 Å². The summed E-state index contributed by atoms with van der Waals surface area (Å²) in [5.74, 6) is 0.456. The second kappa shape index (κ2) is 3.48. The zero-order valence-electron chi connectivity index (χ0n) is 8.58. The van der Waals surface area contributed by atoms with E-state index in [1.54, 1.807) is 0 Å². The van der Waals surface area contributed by atoms with Crippen molar-refractivity contribution in [2.45, 2.75) is 19.3 Å². The number of nitrogens with one attached hydrogen (secondary N) is 3. The standard InChI is InChI=1S/C10H11N5O/c16-9-7-8(12-5-11-7)14-10(15-9)13-6-3-1-2-4-6/h3,5H,1-2,4H2,(H3,11,12,13,14,15,16). The van der Waals surface area contributed by atoms with E-state index in [-0.39, 0.29) is 5.56 Å². The lowest BCUT2D eigenvalue weighted by Crippen LogP contribution is -2.12. The third-order valence-electron chi connectivity index (χ3n) is 2.62. The molecule has 82 valence electrons. The number of H-pyrrole nitrogens is 2. The number of hydrogen-bond donors (Lipinski definition) is 3. The van der Waals surface area contributed by atoms with E-state index in [0.29, 0.717) is 17.1 Å². The summed E-state index contributed by atoms with van der Waals surface area (Å²) in [6, 6.07) is 0. The molecule has 0 unspecified atom stereocenters. The highest BCUT2D eigenvalue weighted by molar-refractivity contribution is 5.69. The van der Waals surface area contributed by atoms with Crippen molar-refractivity contribution in [3.63, 3.8) is 0 Å². The van der Waals surface area contributed by atoms with Crippen LogP contribution >= 0.6 is 0 Å². The molecule has 0 atom stereocenters. The Bertz CT molecular complexity index is 609. The maximum Gasteiger partial charge on any atom is 0.278 e. The van der Waals surface area contributed by atoms with Crippen molar-refractivity contribution in [1.82, 2.24) is 19.9 Å². The van der Waals surface area contributed by atoms with Crippen molar-refractivity contribution in [2.24, 2.45) is 0 Å². The summed E-state index contributed by atoms with van der Waals surface area (Å²) < 4.78 is 0. The van der Waals surface area contributed by atoms with Gasteiger partial charge < -0.3 is 10.3 Å². The van der Waals surface area contributed by atoms with Crippen LogP contribution in [-0.2, 0) is 0 Å². The molecule has 6 nitrogen and oxygen atoms in total. The van der Waals surface area contributed by atoms with Crippen LogP contribution in [0.4, 0.5) is 5.95 Å². The molecule has 3 rings (SSSR count). The first kappa shape index (κ1) is 9.14. The van der Waals surface area contributed by atoms with E-state index in [1.165, 1.54) is 6.33 Å². The van der Waals surface area contributed by atoms with Crippen molar-refractivity contribution < 1.29 is 0 Å². The number of imidazole rings is 1. The topological polar surface area (TPSA) is 86.5 Å². The van der Waals surface area contributed by atoms with Gasteiger partial charge in [0.05, 0.1) is 6.33 Å². The predicted octanol–water partition coefficient (Wildman–Crippen LogP) is 1.13. The van der Waals surface area contributed by atoms with E-state index in [2.05, 4.69) is 31.3 Å². The molecule has 1 aliphatic carbocycles. The maximum atomic E-state index is 11.6. The molecule has 16 heavy (non-hydrogen) atoms. The van der Waals surface area contributed by atoms with Crippen molar-refractivity contribution >= 4 is 17.1 Å². The van der Waals surface area contributed by atoms with Gasteiger partial charge in [-0.25, -0.2) is 4.98 Å². The average Bonchev–Trinajstić information content (AvgIpc) is 2.87. The Hall–Kier alpha value is -2.11.